The van der Waals surface area contributed by atoms with Crippen molar-refractivity contribution in [1.82, 2.24) is 0 Å². The molecule has 1 nitrogen and oxygen atoms in total. The Kier molecular flexibility index (Phi) is 4.45. The minimum atomic E-state index is 0.342. The van der Waals surface area contributed by atoms with Crippen LogP contribution < -0.4 is 0 Å². The first-order valence-electron chi connectivity index (χ1n) is 1.13. The Morgan fingerprint density at radius 2 is 2.00 bits per heavy atom. The molecule has 0 aromatic rings. The summed E-state index contributed by atoms with van der Waals surface area (Å²) in [4.78, 5) is 0. The Labute approximate surface area is 38.9 Å². The summed E-state index contributed by atoms with van der Waals surface area (Å²) in [5, 5.41) is 7.89. The van der Waals surface area contributed by atoms with Gasteiger partial charge in [0.05, 0.1) is 0 Å². The summed E-state index contributed by atoms with van der Waals surface area (Å²) in [7, 11) is 0. The van der Waals surface area contributed by atoms with Gasteiger partial charge in [-0.25, -0.2) is 0 Å². The van der Waals surface area contributed by atoms with Gasteiger partial charge in [0.15, 0.2) is 0 Å². The predicted octanol–water partition coefficient (Wildman–Crippen LogP) is -0.702. The van der Waals surface area contributed by atoms with Crippen LogP contribution in [-0.2, 0) is 0 Å². The Hall–Kier alpha value is 0.750. The van der Waals surface area contributed by atoms with E-state index in [1.807, 2.05) is 0 Å². The third-order valence-electron chi connectivity index (χ3n) is 0.1000. The molecule has 26 valence electrons. The number of hydrogen-bond donors (Lipinski definition) is 1. The molecule has 0 spiro atoms. The number of aliphatic hydroxyl groups excluding tert-OH is 1. The van der Waals surface area contributed by atoms with Crippen molar-refractivity contribution in [1.29, 1.82) is 0 Å². The zero-order chi connectivity index (χ0) is 3.41. The summed E-state index contributed by atoms with van der Waals surface area (Å²) in [6.07, 6.45) is 0. The third-order valence-corrected chi connectivity index (χ3v) is 0.671. The molecule has 0 radical (unpaired) electrons. The molecule has 0 atom stereocenters. The molecule has 0 aliphatic heterocycles. The first-order chi connectivity index (χ1) is 1.91. The second-order valence-electron chi connectivity index (χ2n) is 0.447. The van der Waals surface area contributed by atoms with Crippen molar-refractivity contribution in [2.45, 2.75) is 4.47 Å². The van der Waals surface area contributed by atoms with Crippen molar-refractivity contribution in [3.8, 4) is 0 Å². The Balaban J connectivity index is 1.97. The average Bonchev–Trinajstić information content (AvgIpc) is 1.37. The van der Waals surface area contributed by atoms with Gasteiger partial charge in [-0.15, -0.1) is 0 Å². The van der Waals surface area contributed by atoms with E-state index in [4.69, 9.17) is 5.11 Å². The summed E-state index contributed by atoms with van der Waals surface area (Å²) in [5.74, 6) is 0. The van der Waals surface area contributed by atoms with Gasteiger partial charge in [0.2, 0.25) is 0 Å². The molecule has 0 aliphatic rings. The summed E-state index contributed by atoms with van der Waals surface area (Å²) in [6, 6.07) is 0. The van der Waals surface area contributed by atoms with Crippen LogP contribution in [0.1, 0.15) is 0 Å². The van der Waals surface area contributed by atoms with Gasteiger partial charge in [-0.2, -0.15) is 0 Å². The Bertz CT molecular complexity index is 8.00. The van der Waals surface area contributed by atoms with Gasteiger partial charge in [-0.05, 0) is 0 Å². The topological polar surface area (TPSA) is 20.2 Å². The molecule has 1 N–H and O–H groups in total. The van der Waals surface area contributed by atoms with E-state index in [-0.39, 0.29) is 0 Å². The summed E-state index contributed by atoms with van der Waals surface area (Å²) in [6.45, 7) is 0.342. The molecule has 2 heteroatoms. The van der Waals surface area contributed by atoms with Crippen LogP contribution in [0, 0.1) is 0 Å². The quantitative estimate of drug-likeness (QED) is 0.520. The van der Waals surface area contributed by atoms with Crippen LogP contribution in [0.5, 0.6) is 0 Å². The fraction of sp³-hybridized carbons (Fsp3) is 1.00. The summed E-state index contributed by atoms with van der Waals surface area (Å²) < 4.78 is 0.925. The van der Waals surface area contributed by atoms with Crippen molar-refractivity contribution in [2.75, 3.05) is 6.61 Å². The van der Waals surface area contributed by atoms with E-state index in [9.17, 15) is 0 Å². The van der Waals surface area contributed by atoms with E-state index >= 15 is 0 Å². The SMILES string of the molecule is OCC[TeH]. The van der Waals surface area contributed by atoms with E-state index in [0.717, 1.165) is 4.47 Å². The normalized spacial score (nSPS) is 7.50. The second-order valence-corrected chi connectivity index (χ2v) is 1.72. The first kappa shape index (κ1) is 4.75. The number of aliphatic hydroxyl groups is 1. The standard InChI is InChI=1S/C2H6OTe/c3-1-2-4/h3-4H,1-2H2. The Morgan fingerprint density at radius 1 is 1.75 bits per heavy atom. The van der Waals surface area contributed by atoms with Crippen molar-refractivity contribution in [2.24, 2.45) is 0 Å². The van der Waals surface area contributed by atoms with E-state index < -0.39 is 0 Å². The maximum absolute atomic E-state index is 7.89. The molecular formula is C2H6OTe. The molecule has 0 bridgehead atoms. The molecule has 0 aliphatic carbocycles. The predicted molar refractivity (Wildman–Crippen MR) is 19.0 cm³/mol. The van der Waals surface area contributed by atoms with E-state index in [2.05, 4.69) is 0 Å². The summed E-state index contributed by atoms with van der Waals surface area (Å²) in [5.41, 5.74) is 0. The monoisotopic (exact) mass is 176 g/mol. The maximum atomic E-state index is 7.89. The molecule has 0 saturated carbocycles. The van der Waals surface area contributed by atoms with E-state index in [1.54, 1.807) is 22.3 Å². The molecular weight excluding hydrogens is 168 g/mol. The molecule has 0 unspecified atom stereocenters. The molecule has 0 amide bonds. The van der Waals surface area contributed by atoms with Crippen molar-refractivity contribution < 1.29 is 5.11 Å². The average molecular weight is 174 g/mol. The van der Waals surface area contributed by atoms with Crippen LogP contribution >= 0.6 is 0 Å². The molecule has 0 fully saturated rings. The molecule has 0 aromatic carbocycles. The minimum absolute atomic E-state index is 0.342. The molecule has 0 saturated heterocycles. The second kappa shape index (κ2) is 3.75. The molecule has 0 aromatic heterocycles. The number of rotatable bonds is 1. The van der Waals surface area contributed by atoms with Crippen LogP contribution in [0.3, 0.4) is 0 Å². The van der Waals surface area contributed by atoms with Crippen molar-refractivity contribution in [3.63, 3.8) is 0 Å². The Morgan fingerprint density at radius 3 is 2.00 bits per heavy atom. The van der Waals surface area contributed by atoms with Crippen LogP contribution in [0.4, 0.5) is 0 Å². The van der Waals surface area contributed by atoms with Gasteiger partial charge in [0, 0.05) is 0 Å². The molecule has 0 heterocycles. The van der Waals surface area contributed by atoms with Crippen LogP contribution in [-0.4, -0.2) is 34.0 Å². The van der Waals surface area contributed by atoms with Crippen LogP contribution in [0.25, 0.3) is 0 Å². The van der Waals surface area contributed by atoms with Crippen LogP contribution in [0.2, 0.25) is 4.47 Å². The number of hydrogen-bond acceptors (Lipinski definition) is 1. The van der Waals surface area contributed by atoms with Gasteiger partial charge in [0.1, 0.15) is 0 Å². The van der Waals surface area contributed by atoms with Crippen molar-refractivity contribution in [3.05, 3.63) is 0 Å². The van der Waals surface area contributed by atoms with E-state index in [0.29, 0.717) is 6.61 Å². The fourth-order valence-corrected chi connectivity index (χ4v) is 0. The van der Waals surface area contributed by atoms with Gasteiger partial charge >= 0.3 is 38.5 Å². The zero-order valence-corrected chi connectivity index (χ0v) is 4.86. The van der Waals surface area contributed by atoms with Crippen LogP contribution in [0.15, 0.2) is 0 Å². The van der Waals surface area contributed by atoms with E-state index in [1.165, 1.54) is 0 Å². The summed E-state index contributed by atoms with van der Waals surface area (Å²) >= 11 is 1.65. The van der Waals surface area contributed by atoms with Gasteiger partial charge in [-0.3, -0.25) is 0 Å². The third kappa shape index (κ3) is 2.75. The van der Waals surface area contributed by atoms with Crippen molar-refractivity contribution >= 4 is 22.3 Å². The zero-order valence-electron chi connectivity index (χ0n) is 2.31. The van der Waals surface area contributed by atoms with Gasteiger partial charge in [-0.1, -0.05) is 0 Å². The molecule has 4 heavy (non-hydrogen) atoms. The van der Waals surface area contributed by atoms with Gasteiger partial charge in [0.25, 0.3) is 0 Å². The first-order valence-corrected chi connectivity index (χ1v) is 2.94. The fourth-order valence-electron chi connectivity index (χ4n) is 0. The van der Waals surface area contributed by atoms with Gasteiger partial charge < -0.3 is 0 Å². The molecule has 0 rings (SSSR count).